The summed E-state index contributed by atoms with van der Waals surface area (Å²) in [6, 6.07) is 17.7. The van der Waals surface area contributed by atoms with E-state index >= 15 is 0 Å². The summed E-state index contributed by atoms with van der Waals surface area (Å²) in [7, 11) is 0. The molecule has 0 aliphatic rings. The second-order valence-corrected chi connectivity index (χ2v) is 5.47. The lowest BCUT2D eigenvalue weighted by molar-refractivity contribution is -0.123. The quantitative estimate of drug-likeness (QED) is 0.782. The van der Waals surface area contributed by atoms with Gasteiger partial charge in [-0.25, -0.2) is 0 Å². The second kappa shape index (κ2) is 7.89. The molecule has 0 saturated carbocycles. The molecule has 0 unspecified atom stereocenters. The zero-order chi connectivity index (χ0) is 14.2. The molecule has 3 nitrogen and oxygen atoms in total. The van der Waals surface area contributed by atoms with E-state index in [-0.39, 0.29) is 12.5 Å². The van der Waals surface area contributed by atoms with Crippen LogP contribution in [-0.2, 0) is 11.2 Å². The topological polar surface area (TPSA) is 38.3 Å². The maximum atomic E-state index is 11.7. The lowest BCUT2D eigenvalue weighted by Crippen LogP contribution is -2.30. The molecular formula is C16H16INO2. The highest BCUT2D eigenvalue weighted by molar-refractivity contribution is 14.1. The molecule has 0 saturated heterocycles. The van der Waals surface area contributed by atoms with Crippen LogP contribution < -0.4 is 10.1 Å². The number of hydrogen-bond donors (Lipinski definition) is 1. The number of amides is 1. The van der Waals surface area contributed by atoms with E-state index in [9.17, 15) is 4.79 Å². The van der Waals surface area contributed by atoms with Crippen molar-refractivity contribution in [1.29, 1.82) is 0 Å². The summed E-state index contributed by atoms with van der Waals surface area (Å²) in [5, 5.41) is 2.85. The van der Waals surface area contributed by atoms with Gasteiger partial charge in [-0.05, 0) is 46.7 Å². The molecule has 2 aromatic rings. The van der Waals surface area contributed by atoms with Crippen LogP contribution >= 0.6 is 22.6 Å². The van der Waals surface area contributed by atoms with Crippen molar-refractivity contribution in [3.63, 3.8) is 0 Å². The minimum atomic E-state index is -0.0967. The smallest absolute Gasteiger partial charge is 0.257 e. The normalized spacial score (nSPS) is 10.1. The van der Waals surface area contributed by atoms with Crippen LogP contribution in [0.15, 0.2) is 54.6 Å². The van der Waals surface area contributed by atoms with E-state index in [1.54, 1.807) is 0 Å². The Balaban J connectivity index is 1.70. The molecule has 1 N–H and O–H groups in total. The predicted octanol–water partition coefficient (Wildman–Crippen LogP) is 3.03. The van der Waals surface area contributed by atoms with E-state index in [4.69, 9.17) is 4.74 Å². The molecule has 0 fully saturated rings. The van der Waals surface area contributed by atoms with Gasteiger partial charge in [-0.2, -0.15) is 0 Å². The number of nitrogens with one attached hydrogen (secondary N) is 1. The van der Waals surface area contributed by atoms with Gasteiger partial charge in [0.1, 0.15) is 5.75 Å². The standard InChI is InChI=1S/C16H16INO2/c17-14-8-4-5-9-15(14)20-12-16(19)18-11-10-13-6-2-1-3-7-13/h1-9H,10-12H2,(H,18,19). The van der Waals surface area contributed by atoms with E-state index in [1.807, 2.05) is 42.5 Å². The van der Waals surface area contributed by atoms with Gasteiger partial charge in [-0.1, -0.05) is 42.5 Å². The number of ether oxygens (including phenoxy) is 1. The lowest BCUT2D eigenvalue weighted by atomic mass is 10.1. The third-order valence-electron chi connectivity index (χ3n) is 2.77. The fourth-order valence-corrected chi connectivity index (χ4v) is 2.29. The monoisotopic (exact) mass is 381 g/mol. The average Bonchev–Trinajstić information content (AvgIpc) is 2.47. The van der Waals surface area contributed by atoms with E-state index in [0.29, 0.717) is 6.54 Å². The Kier molecular flexibility index (Phi) is 5.86. The largest absolute Gasteiger partial charge is 0.483 e. The van der Waals surface area contributed by atoms with Crippen molar-refractivity contribution in [3.05, 3.63) is 63.7 Å². The number of hydrogen-bond acceptors (Lipinski definition) is 2. The first-order chi connectivity index (χ1) is 9.75. The number of carbonyl (C=O) groups is 1. The third kappa shape index (κ3) is 4.85. The Labute approximate surface area is 132 Å². The van der Waals surface area contributed by atoms with Crippen molar-refractivity contribution >= 4 is 28.5 Å². The SMILES string of the molecule is O=C(COc1ccccc1I)NCCc1ccccc1. The van der Waals surface area contributed by atoms with Gasteiger partial charge in [0.25, 0.3) is 5.91 Å². The third-order valence-corrected chi connectivity index (χ3v) is 3.67. The van der Waals surface area contributed by atoms with Crippen LogP contribution in [0.25, 0.3) is 0 Å². The molecule has 0 spiro atoms. The molecule has 0 atom stereocenters. The average molecular weight is 381 g/mol. The molecule has 2 rings (SSSR count). The van der Waals surface area contributed by atoms with Gasteiger partial charge in [0, 0.05) is 6.54 Å². The Morgan fingerprint density at radius 3 is 2.50 bits per heavy atom. The van der Waals surface area contributed by atoms with E-state index < -0.39 is 0 Å². The Morgan fingerprint density at radius 2 is 1.75 bits per heavy atom. The van der Waals surface area contributed by atoms with Crippen LogP contribution in [0.2, 0.25) is 0 Å². The Morgan fingerprint density at radius 1 is 1.05 bits per heavy atom. The van der Waals surface area contributed by atoms with Crippen LogP contribution in [0.5, 0.6) is 5.75 Å². The number of benzene rings is 2. The van der Waals surface area contributed by atoms with Crippen molar-refractivity contribution in [1.82, 2.24) is 5.32 Å². The molecule has 0 heterocycles. The van der Waals surface area contributed by atoms with E-state index in [1.165, 1.54) is 5.56 Å². The number of carbonyl (C=O) groups excluding carboxylic acids is 1. The summed E-state index contributed by atoms with van der Waals surface area (Å²) >= 11 is 2.19. The van der Waals surface area contributed by atoms with Crippen LogP contribution in [-0.4, -0.2) is 19.1 Å². The van der Waals surface area contributed by atoms with Crippen molar-refractivity contribution in [3.8, 4) is 5.75 Å². The number of halogens is 1. The minimum Gasteiger partial charge on any atom is -0.483 e. The second-order valence-electron chi connectivity index (χ2n) is 4.30. The maximum absolute atomic E-state index is 11.7. The Bertz CT molecular complexity index is 557. The predicted molar refractivity (Wildman–Crippen MR) is 87.8 cm³/mol. The highest BCUT2D eigenvalue weighted by atomic mass is 127. The van der Waals surface area contributed by atoms with Gasteiger partial charge >= 0.3 is 0 Å². The van der Waals surface area contributed by atoms with Crippen molar-refractivity contribution < 1.29 is 9.53 Å². The minimum absolute atomic E-state index is 0.0504. The van der Waals surface area contributed by atoms with Gasteiger partial charge in [0.05, 0.1) is 3.57 Å². The zero-order valence-corrected chi connectivity index (χ0v) is 13.2. The molecule has 0 bridgehead atoms. The molecule has 104 valence electrons. The van der Waals surface area contributed by atoms with Gasteiger partial charge in [0.2, 0.25) is 0 Å². The molecule has 0 aliphatic heterocycles. The molecule has 0 radical (unpaired) electrons. The number of rotatable bonds is 6. The van der Waals surface area contributed by atoms with Crippen LogP contribution in [0.1, 0.15) is 5.56 Å². The Hall–Kier alpha value is -1.56. The molecule has 4 heteroatoms. The lowest BCUT2D eigenvalue weighted by Gasteiger charge is -2.08. The van der Waals surface area contributed by atoms with Crippen molar-refractivity contribution in [2.75, 3.05) is 13.2 Å². The van der Waals surface area contributed by atoms with Gasteiger partial charge in [-0.3, -0.25) is 4.79 Å². The first-order valence-electron chi connectivity index (χ1n) is 6.43. The molecular weight excluding hydrogens is 365 g/mol. The van der Waals surface area contributed by atoms with Crippen LogP contribution in [0, 0.1) is 3.57 Å². The fraction of sp³-hybridized carbons (Fsp3) is 0.188. The summed E-state index contributed by atoms with van der Waals surface area (Å²) in [5.41, 5.74) is 1.21. The molecule has 2 aromatic carbocycles. The van der Waals surface area contributed by atoms with Gasteiger partial charge in [0.15, 0.2) is 6.61 Å². The highest BCUT2D eigenvalue weighted by Crippen LogP contribution is 2.19. The van der Waals surface area contributed by atoms with Gasteiger partial charge in [-0.15, -0.1) is 0 Å². The van der Waals surface area contributed by atoms with Crippen LogP contribution in [0.4, 0.5) is 0 Å². The first kappa shape index (κ1) is 14.8. The highest BCUT2D eigenvalue weighted by Gasteiger charge is 2.04. The fourth-order valence-electron chi connectivity index (χ4n) is 1.75. The van der Waals surface area contributed by atoms with Crippen molar-refractivity contribution in [2.45, 2.75) is 6.42 Å². The summed E-state index contributed by atoms with van der Waals surface area (Å²) in [4.78, 5) is 11.7. The molecule has 20 heavy (non-hydrogen) atoms. The van der Waals surface area contributed by atoms with E-state index in [0.717, 1.165) is 15.7 Å². The number of para-hydroxylation sites is 1. The molecule has 0 aromatic heterocycles. The van der Waals surface area contributed by atoms with Crippen LogP contribution in [0.3, 0.4) is 0 Å². The molecule has 1 amide bonds. The summed E-state index contributed by atoms with van der Waals surface area (Å²) in [6.07, 6.45) is 0.829. The van der Waals surface area contributed by atoms with Gasteiger partial charge < -0.3 is 10.1 Å². The van der Waals surface area contributed by atoms with Crippen molar-refractivity contribution in [2.24, 2.45) is 0 Å². The molecule has 0 aliphatic carbocycles. The zero-order valence-electron chi connectivity index (χ0n) is 11.0. The van der Waals surface area contributed by atoms with E-state index in [2.05, 4.69) is 40.0 Å². The summed E-state index contributed by atoms with van der Waals surface area (Å²) in [6.45, 7) is 0.674. The first-order valence-corrected chi connectivity index (χ1v) is 7.51. The summed E-state index contributed by atoms with van der Waals surface area (Å²) in [5.74, 6) is 0.645. The summed E-state index contributed by atoms with van der Waals surface area (Å²) < 4.78 is 6.48. The maximum Gasteiger partial charge on any atom is 0.257 e.